The molecule has 1 aromatic rings. The lowest BCUT2D eigenvalue weighted by molar-refractivity contribution is 0.628. The van der Waals surface area contributed by atoms with Crippen LogP contribution in [0.15, 0.2) is 43.0 Å². The Morgan fingerprint density at radius 2 is 1.92 bits per heavy atom. The smallest absolute Gasteiger partial charge is 0.123 e. The average Bonchev–Trinajstić information content (AvgIpc) is 2.16. The fourth-order valence-corrected chi connectivity index (χ4v) is 0.915. The lowest BCUT2D eigenvalue weighted by Gasteiger charge is -1.96. The van der Waals surface area contributed by atoms with E-state index < -0.39 is 0 Å². The summed E-state index contributed by atoms with van der Waals surface area (Å²) in [6, 6.07) is 6.42. The maximum atomic E-state index is 12.5. The molecule has 0 aliphatic rings. The van der Waals surface area contributed by atoms with E-state index in [1.165, 1.54) is 12.1 Å². The highest BCUT2D eigenvalue weighted by atomic mass is 19.1. The Morgan fingerprint density at radius 1 is 1.31 bits per heavy atom. The Kier molecular flexibility index (Phi) is 3.44. The van der Waals surface area contributed by atoms with Gasteiger partial charge in [-0.3, -0.25) is 0 Å². The number of hydrogen-bond donors (Lipinski definition) is 0. The molecule has 0 heterocycles. The highest BCUT2D eigenvalue weighted by molar-refractivity contribution is 5.49. The van der Waals surface area contributed by atoms with Gasteiger partial charge in [-0.1, -0.05) is 37.3 Å². The lowest BCUT2D eigenvalue weighted by atomic mass is 10.1. The zero-order chi connectivity index (χ0) is 9.68. The SMILES string of the molecule is C=CC(C)/C=C/c1ccc(F)cc1. The topological polar surface area (TPSA) is 0 Å². The first kappa shape index (κ1) is 9.72. The van der Waals surface area contributed by atoms with E-state index in [-0.39, 0.29) is 5.82 Å². The average molecular weight is 176 g/mol. The monoisotopic (exact) mass is 176 g/mol. The van der Waals surface area contributed by atoms with Gasteiger partial charge < -0.3 is 0 Å². The summed E-state index contributed by atoms with van der Waals surface area (Å²) in [7, 11) is 0. The Balaban J connectivity index is 2.69. The minimum atomic E-state index is -0.200. The van der Waals surface area contributed by atoms with E-state index in [0.29, 0.717) is 5.92 Å². The molecule has 0 spiro atoms. The predicted octanol–water partition coefficient (Wildman–Crippen LogP) is 3.66. The van der Waals surface area contributed by atoms with Crippen molar-refractivity contribution in [3.63, 3.8) is 0 Å². The molecule has 0 bridgehead atoms. The maximum absolute atomic E-state index is 12.5. The van der Waals surface area contributed by atoms with Crippen molar-refractivity contribution in [1.82, 2.24) is 0 Å². The van der Waals surface area contributed by atoms with Crippen molar-refractivity contribution >= 4 is 6.08 Å². The molecule has 0 aromatic heterocycles. The van der Waals surface area contributed by atoms with Gasteiger partial charge in [0.1, 0.15) is 5.82 Å². The van der Waals surface area contributed by atoms with E-state index in [9.17, 15) is 4.39 Å². The summed E-state index contributed by atoms with van der Waals surface area (Å²) in [5, 5.41) is 0. The van der Waals surface area contributed by atoms with Gasteiger partial charge >= 0.3 is 0 Å². The number of benzene rings is 1. The van der Waals surface area contributed by atoms with Crippen LogP contribution in [0.2, 0.25) is 0 Å². The van der Waals surface area contributed by atoms with Gasteiger partial charge in [0, 0.05) is 0 Å². The van der Waals surface area contributed by atoms with Crippen molar-refractivity contribution in [3.05, 3.63) is 54.4 Å². The van der Waals surface area contributed by atoms with Crippen molar-refractivity contribution in [2.75, 3.05) is 0 Å². The number of rotatable bonds is 3. The molecule has 0 amide bonds. The summed E-state index contributed by atoms with van der Waals surface area (Å²) >= 11 is 0. The molecule has 1 heteroatoms. The third-order valence-corrected chi connectivity index (χ3v) is 1.83. The third-order valence-electron chi connectivity index (χ3n) is 1.83. The number of hydrogen-bond acceptors (Lipinski definition) is 0. The first-order valence-corrected chi connectivity index (χ1v) is 4.28. The Bertz CT molecular complexity index is 295. The molecular formula is C12H13F. The molecular weight excluding hydrogens is 163 g/mol. The summed E-state index contributed by atoms with van der Waals surface area (Å²) in [4.78, 5) is 0. The molecule has 0 aliphatic heterocycles. The van der Waals surface area contributed by atoms with Crippen LogP contribution in [0.25, 0.3) is 6.08 Å². The third kappa shape index (κ3) is 3.24. The molecule has 0 fully saturated rings. The van der Waals surface area contributed by atoms with Crippen LogP contribution in [0.1, 0.15) is 12.5 Å². The molecule has 13 heavy (non-hydrogen) atoms. The Hall–Kier alpha value is -1.37. The van der Waals surface area contributed by atoms with E-state index in [1.54, 1.807) is 12.1 Å². The fourth-order valence-electron chi connectivity index (χ4n) is 0.915. The molecule has 0 saturated heterocycles. The van der Waals surface area contributed by atoms with Crippen LogP contribution in [0.3, 0.4) is 0 Å². The van der Waals surface area contributed by atoms with E-state index in [4.69, 9.17) is 0 Å². The van der Waals surface area contributed by atoms with Gasteiger partial charge in [-0.05, 0) is 23.6 Å². The van der Waals surface area contributed by atoms with Crippen LogP contribution in [0.4, 0.5) is 4.39 Å². The van der Waals surface area contributed by atoms with Gasteiger partial charge in [-0.15, -0.1) is 6.58 Å². The molecule has 1 atom stereocenters. The van der Waals surface area contributed by atoms with Crippen LogP contribution in [0, 0.1) is 11.7 Å². The minimum Gasteiger partial charge on any atom is -0.207 e. The van der Waals surface area contributed by atoms with Crippen molar-refractivity contribution < 1.29 is 4.39 Å². The van der Waals surface area contributed by atoms with Crippen molar-refractivity contribution in [2.24, 2.45) is 5.92 Å². The first-order chi connectivity index (χ1) is 6.22. The second kappa shape index (κ2) is 4.61. The summed E-state index contributed by atoms with van der Waals surface area (Å²) in [5.41, 5.74) is 1.01. The van der Waals surface area contributed by atoms with Gasteiger partial charge in [-0.2, -0.15) is 0 Å². The van der Waals surface area contributed by atoms with Crippen LogP contribution in [-0.2, 0) is 0 Å². The summed E-state index contributed by atoms with van der Waals surface area (Å²) in [5.74, 6) is 0.152. The lowest BCUT2D eigenvalue weighted by Crippen LogP contribution is -1.80. The van der Waals surface area contributed by atoms with Gasteiger partial charge in [-0.25, -0.2) is 4.39 Å². The van der Waals surface area contributed by atoms with Gasteiger partial charge in [0.25, 0.3) is 0 Å². The van der Waals surface area contributed by atoms with Gasteiger partial charge in [0.2, 0.25) is 0 Å². The van der Waals surface area contributed by atoms with E-state index in [2.05, 4.69) is 6.58 Å². The second-order valence-corrected chi connectivity index (χ2v) is 3.01. The highest BCUT2D eigenvalue weighted by Gasteiger charge is 1.90. The standard InChI is InChI=1S/C12H13F/c1-3-10(2)4-5-11-6-8-12(13)9-7-11/h3-10H,1H2,2H3/b5-4+. The zero-order valence-corrected chi connectivity index (χ0v) is 7.70. The highest BCUT2D eigenvalue weighted by Crippen LogP contribution is 2.07. The molecule has 0 nitrogen and oxygen atoms in total. The van der Waals surface area contributed by atoms with E-state index >= 15 is 0 Å². The molecule has 0 saturated carbocycles. The molecule has 1 aromatic carbocycles. The minimum absolute atomic E-state index is 0.200. The largest absolute Gasteiger partial charge is 0.207 e. The number of allylic oxidation sites excluding steroid dienone is 2. The number of halogens is 1. The van der Waals surface area contributed by atoms with Gasteiger partial charge in [0.15, 0.2) is 0 Å². The van der Waals surface area contributed by atoms with Crippen LogP contribution >= 0.6 is 0 Å². The first-order valence-electron chi connectivity index (χ1n) is 4.28. The summed E-state index contributed by atoms with van der Waals surface area (Å²) in [6.45, 7) is 5.72. The molecule has 1 unspecified atom stereocenters. The molecule has 68 valence electrons. The molecule has 0 aliphatic carbocycles. The molecule has 0 N–H and O–H groups in total. The van der Waals surface area contributed by atoms with Crippen LogP contribution < -0.4 is 0 Å². The Labute approximate surface area is 78.4 Å². The van der Waals surface area contributed by atoms with Crippen molar-refractivity contribution in [3.8, 4) is 0 Å². The summed E-state index contributed by atoms with van der Waals surface area (Å²) < 4.78 is 12.5. The summed E-state index contributed by atoms with van der Waals surface area (Å²) in [6.07, 6.45) is 5.85. The van der Waals surface area contributed by atoms with E-state index in [0.717, 1.165) is 5.56 Å². The Morgan fingerprint density at radius 3 is 2.46 bits per heavy atom. The van der Waals surface area contributed by atoms with E-state index in [1.807, 2.05) is 25.2 Å². The zero-order valence-electron chi connectivity index (χ0n) is 7.70. The predicted molar refractivity (Wildman–Crippen MR) is 54.8 cm³/mol. The van der Waals surface area contributed by atoms with Gasteiger partial charge in [0.05, 0.1) is 0 Å². The molecule has 0 radical (unpaired) electrons. The fraction of sp³-hybridized carbons (Fsp3) is 0.167. The van der Waals surface area contributed by atoms with Crippen molar-refractivity contribution in [2.45, 2.75) is 6.92 Å². The second-order valence-electron chi connectivity index (χ2n) is 3.01. The molecule has 1 rings (SSSR count). The normalized spacial score (nSPS) is 13.1. The van der Waals surface area contributed by atoms with Crippen LogP contribution in [0.5, 0.6) is 0 Å². The maximum Gasteiger partial charge on any atom is 0.123 e. The van der Waals surface area contributed by atoms with Crippen molar-refractivity contribution in [1.29, 1.82) is 0 Å². The van der Waals surface area contributed by atoms with Crippen LogP contribution in [-0.4, -0.2) is 0 Å². The quantitative estimate of drug-likeness (QED) is 0.616.